The van der Waals surface area contributed by atoms with Crippen molar-refractivity contribution in [3.8, 4) is 0 Å². The molecule has 1 N–H and O–H groups in total. The van der Waals surface area contributed by atoms with Gasteiger partial charge in [0.05, 0.1) is 11.3 Å². The minimum Gasteiger partial charge on any atom is -0.325 e. The molecule has 2 aromatic carbocycles. The highest BCUT2D eigenvalue weighted by atomic mass is 79.9. The predicted molar refractivity (Wildman–Crippen MR) is 110 cm³/mol. The van der Waals surface area contributed by atoms with Crippen LogP contribution in [0.1, 0.15) is 35.7 Å². The van der Waals surface area contributed by atoms with Crippen LogP contribution >= 0.6 is 15.9 Å². The topological polar surface area (TPSA) is 69.7 Å². The van der Waals surface area contributed by atoms with Gasteiger partial charge in [-0.2, -0.15) is 0 Å². The molecular weight excluding hydrogens is 422 g/mol. The van der Waals surface area contributed by atoms with Crippen LogP contribution in [-0.4, -0.2) is 34.8 Å². The van der Waals surface area contributed by atoms with Gasteiger partial charge in [-0.1, -0.05) is 34.1 Å². The van der Waals surface area contributed by atoms with Gasteiger partial charge in [-0.25, -0.2) is 0 Å². The van der Waals surface area contributed by atoms with Crippen molar-refractivity contribution in [1.29, 1.82) is 0 Å². The Labute approximate surface area is 171 Å². The molecule has 0 saturated carbocycles. The summed E-state index contributed by atoms with van der Waals surface area (Å²) in [6.45, 7) is 3.69. The molecule has 0 radical (unpaired) electrons. The third-order valence-corrected chi connectivity index (χ3v) is 6.36. The summed E-state index contributed by atoms with van der Waals surface area (Å²) in [5.74, 6) is -0.566. The number of rotatable bonds is 3. The van der Waals surface area contributed by atoms with Gasteiger partial charge in [-0.15, -0.1) is 0 Å². The number of nitrogens with one attached hydrogen (secondary N) is 1. The molecule has 2 aromatic rings. The van der Waals surface area contributed by atoms with Crippen LogP contribution in [-0.2, 0) is 9.59 Å². The lowest BCUT2D eigenvalue weighted by Gasteiger charge is -2.48. The number of anilines is 2. The molecule has 28 heavy (non-hydrogen) atoms. The molecule has 0 spiro atoms. The number of carbonyl (C=O) groups excluding carboxylic acids is 3. The van der Waals surface area contributed by atoms with Crippen molar-refractivity contribution in [2.24, 2.45) is 0 Å². The van der Waals surface area contributed by atoms with Crippen molar-refractivity contribution in [2.75, 3.05) is 16.8 Å². The second kappa shape index (κ2) is 6.74. The zero-order valence-electron chi connectivity index (χ0n) is 15.7. The van der Waals surface area contributed by atoms with Gasteiger partial charge in [0.25, 0.3) is 5.91 Å². The lowest BCUT2D eigenvalue weighted by atomic mass is 9.98. The molecule has 144 valence electrons. The van der Waals surface area contributed by atoms with Crippen LogP contribution in [0.25, 0.3) is 0 Å². The van der Waals surface area contributed by atoms with Crippen molar-refractivity contribution in [3.05, 3.63) is 58.1 Å². The largest absolute Gasteiger partial charge is 0.325 e. The molecule has 7 heteroatoms. The number of hydrogen-bond donors (Lipinski definition) is 1. The SMILES string of the molecule is Cc1ccc(NC(=O)CN2C(=O)c3ccccc3N3C(=O)CCC23C)cc1Br. The summed E-state index contributed by atoms with van der Waals surface area (Å²) < 4.78 is 0.896. The maximum Gasteiger partial charge on any atom is 0.258 e. The number of carbonyl (C=O) groups is 3. The highest BCUT2D eigenvalue weighted by Gasteiger charge is 2.53. The fourth-order valence-electron chi connectivity index (χ4n) is 3.96. The second-order valence-electron chi connectivity index (χ2n) is 7.37. The van der Waals surface area contributed by atoms with E-state index in [2.05, 4.69) is 21.2 Å². The Kier molecular flexibility index (Phi) is 4.50. The quantitative estimate of drug-likeness (QED) is 0.789. The lowest BCUT2D eigenvalue weighted by molar-refractivity contribution is -0.120. The molecule has 3 amide bonds. The molecule has 6 nitrogen and oxygen atoms in total. The van der Waals surface area contributed by atoms with E-state index >= 15 is 0 Å². The van der Waals surface area contributed by atoms with Crippen molar-refractivity contribution in [3.63, 3.8) is 0 Å². The smallest absolute Gasteiger partial charge is 0.258 e. The molecule has 2 aliphatic rings. The van der Waals surface area contributed by atoms with Crippen molar-refractivity contribution in [1.82, 2.24) is 4.90 Å². The van der Waals surface area contributed by atoms with E-state index in [1.54, 1.807) is 23.1 Å². The summed E-state index contributed by atoms with van der Waals surface area (Å²) in [5.41, 5.74) is 1.94. The van der Waals surface area contributed by atoms with Gasteiger partial charge < -0.3 is 10.2 Å². The number of aryl methyl sites for hydroxylation is 1. The standard InChI is InChI=1S/C21H20BrN3O3/c1-13-7-8-14(11-16(13)22)23-18(26)12-24-20(28)15-5-3-4-6-17(15)25-19(27)9-10-21(24,25)2/h3-8,11H,9-10,12H2,1-2H3,(H,23,26). The van der Waals surface area contributed by atoms with Crippen molar-refractivity contribution < 1.29 is 14.4 Å². The van der Waals surface area contributed by atoms with E-state index in [1.807, 2.05) is 38.1 Å². The van der Waals surface area contributed by atoms with Gasteiger partial charge in [0.1, 0.15) is 12.2 Å². The average Bonchev–Trinajstić information content (AvgIpc) is 2.97. The molecule has 2 aliphatic heterocycles. The second-order valence-corrected chi connectivity index (χ2v) is 8.22. The van der Waals surface area contributed by atoms with Gasteiger partial charge in [-0.05, 0) is 50.1 Å². The van der Waals surface area contributed by atoms with E-state index in [9.17, 15) is 14.4 Å². The Morgan fingerprint density at radius 2 is 1.96 bits per heavy atom. The highest BCUT2D eigenvalue weighted by Crippen LogP contribution is 2.43. The molecule has 1 saturated heterocycles. The van der Waals surface area contributed by atoms with Gasteiger partial charge in [0.2, 0.25) is 11.8 Å². The van der Waals surface area contributed by atoms with Gasteiger partial charge in [-0.3, -0.25) is 19.3 Å². The zero-order valence-corrected chi connectivity index (χ0v) is 17.2. The van der Waals surface area contributed by atoms with Gasteiger partial charge >= 0.3 is 0 Å². The lowest BCUT2D eigenvalue weighted by Crippen LogP contribution is -2.63. The van der Waals surface area contributed by atoms with Crippen LogP contribution < -0.4 is 10.2 Å². The Morgan fingerprint density at radius 1 is 1.21 bits per heavy atom. The summed E-state index contributed by atoms with van der Waals surface area (Å²) in [6, 6.07) is 12.6. The average molecular weight is 442 g/mol. The Balaban J connectivity index is 1.63. The maximum atomic E-state index is 13.2. The normalized spacial score (nSPS) is 20.8. The van der Waals surface area contributed by atoms with E-state index in [0.29, 0.717) is 29.8 Å². The van der Waals surface area contributed by atoms with Crippen LogP contribution in [0.5, 0.6) is 0 Å². The molecule has 1 fully saturated rings. The van der Waals surface area contributed by atoms with Crippen LogP contribution in [0.3, 0.4) is 0 Å². The van der Waals surface area contributed by atoms with Crippen LogP contribution in [0.2, 0.25) is 0 Å². The van der Waals surface area contributed by atoms with E-state index in [0.717, 1.165) is 10.0 Å². The third kappa shape index (κ3) is 2.90. The molecule has 1 unspecified atom stereocenters. The molecule has 4 rings (SSSR count). The summed E-state index contributed by atoms with van der Waals surface area (Å²) in [5, 5.41) is 2.84. The van der Waals surface area contributed by atoms with Crippen LogP contribution in [0, 0.1) is 6.92 Å². The fraction of sp³-hybridized carbons (Fsp3) is 0.286. The molecular formula is C21H20BrN3O3. The van der Waals surface area contributed by atoms with E-state index in [-0.39, 0.29) is 24.3 Å². The number of hydrogen-bond acceptors (Lipinski definition) is 3. The monoisotopic (exact) mass is 441 g/mol. The number of nitrogens with zero attached hydrogens (tertiary/aromatic N) is 2. The highest BCUT2D eigenvalue weighted by molar-refractivity contribution is 9.10. The molecule has 0 bridgehead atoms. The summed E-state index contributed by atoms with van der Waals surface area (Å²) in [6.07, 6.45) is 0.844. The number of fused-ring (bicyclic) bond motifs is 3. The maximum absolute atomic E-state index is 13.2. The third-order valence-electron chi connectivity index (χ3n) is 5.50. The number of halogens is 1. The molecule has 0 aliphatic carbocycles. The molecule has 0 aromatic heterocycles. The Morgan fingerprint density at radius 3 is 2.71 bits per heavy atom. The first-order chi connectivity index (χ1) is 13.3. The number of para-hydroxylation sites is 1. The predicted octanol–water partition coefficient (Wildman–Crippen LogP) is 3.70. The van der Waals surface area contributed by atoms with E-state index in [4.69, 9.17) is 0 Å². The Hall–Kier alpha value is -2.67. The summed E-state index contributed by atoms with van der Waals surface area (Å²) >= 11 is 3.45. The number of benzene rings is 2. The first kappa shape index (κ1) is 18.7. The molecule has 2 heterocycles. The van der Waals surface area contributed by atoms with Crippen molar-refractivity contribution in [2.45, 2.75) is 32.4 Å². The van der Waals surface area contributed by atoms with E-state index < -0.39 is 5.66 Å². The van der Waals surface area contributed by atoms with Crippen molar-refractivity contribution >= 4 is 45.0 Å². The fourth-order valence-corrected chi connectivity index (χ4v) is 4.33. The zero-order chi connectivity index (χ0) is 20.1. The summed E-state index contributed by atoms with van der Waals surface area (Å²) in [4.78, 5) is 41.6. The Bertz CT molecular complexity index is 1010. The first-order valence-electron chi connectivity index (χ1n) is 9.11. The van der Waals surface area contributed by atoms with Gasteiger partial charge in [0.15, 0.2) is 0 Å². The summed E-state index contributed by atoms with van der Waals surface area (Å²) in [7, 11) is 0. The minimum atomic E-state index is -0.840. The minimum absolute atomic E-state index is 0.0321. The number of amides is 3. The molecule has 1 atom stereocenters. The van der Waals surface area contributed by atoms with Crippen LogP contribution in [0.4, 0.5) is 11.4 Å². The van der Waals surface area contributed by atoms with Gasteiger partial charge in [0, 0.05) is 16.6 Å². The van der Waals surface area contributed by atoms with Crippen LogP contribution in [0.15, 0.2) is 46.9 Å². The van der Waals surface area contributed by atoms with E-state index in [1.165, 1.54) is 4.90 Å². The first-order valence-corrected chi connectivity index (χ1v) is 9.90.